The molecule has 0 fully saturated rings. The number of aryl methyl sites for hydroxylation is 1. The summed E-state index contributed by atoms with van der Waals surface area (Å²) in [5.74, 6) is 0.329. The minimum atomic E-state index is 0. The molecule has 9 heavy (non-hydrogen) atoms. The summed E-state index contributed by atoms with van der Waals surface area (Å²) < 4.78 is 0. The summed E-state index contributed by atoms with van der Waals surface area (Å²) in [6.07, 6.45) is 0. The fraction of sp³-hybridized carbons (Fsp3) is 0.143. The van der Waals surface area contributed by atoms with Gasteiger partial charge in [-0.1, -0.05) is 17.7 Å². The normalized spacial score (nSPS) is 8.11. The molecule has 1 aromatic carbocycles. The molecule has 0 spiro atoms. The summed E-state index contributed by atoms with van der Waals surface area (Å²) in [5, 5.41) is 8.76. The van der Waals surface area contributed by atoms with Crippen LogP contribution >= 0.6 is 0 Å². The Morgan fingerprint density at radius 3 is 2.00 bits per heavy atom. The Labute approximate surface area is 73.8 Å². The molecule has 1 rings (SSSR count). The second kappa shape index (κ2) is 3.74. The van der Waals surface area contributed by atoms with E-state index in [9.17, 15) is 0 Å². The van der Waals surface area contributed by atoms with Crippen molar-refractivity contribution in [2.75, 3.05) is 0 Å². The van der Waals surface area contributed by atoms with Gasteiger partial charge in [0.1, 0.15) is 5.75 Å². The molecule has 0 aromatic heterocycles. The molecule has 1 nitrogen and oxygen atoms in total. The number of benzene rings is 1. The van der Waals surface area contributed by atoms with Gasteiger partial charge in [-0.25, -0.2) is 0 Å². The van der Waals surface area contributed by atoms with Gasteiger partial charge >= 0.3 is 23.1 Å². The van der Waals surface area contributed by atoms with Gasteiger partial charge in [-0.2, -0.15) is 0 Å². The van der Waals surface area contributed by atoms with Gasteiger partial charge in [0.15, 0.2) is 0 Å². The Morgan fingerprint density at radius 1 is 1.22 bits per heavy atom. The SMILES string of the molecule is Cc1ccc(O)cc1.[H-].[H-].[Mg+2]. The first-order valence-electron chi connectivity index (χ1n) is 2.54. The summed E-state index contributed by atoms with van der Waals surface area (Å²) >= 11 is 0. The maximum Gasteiger partial charge on any atom is 2.00 e. The monoisotopic (exact) mass is 134 g/mol. The van der Waals surface area contributed by atoms with Crippen LogP contribution in [0.15, 0.2) is 24.3 Å². The largest absolute Gasteiger partial charge is 2.00 e. The zero-order chi connectivity index (χ0) is 5.98. The molecule has 46 valence electrons. The van der Waals surface area contributed by atoms with Crippen molar-refractivity contribution >= 4 is 23.1 Å². The Bertz CT molecular complexity index is 155. The topological polar surface area (TPSA) is 20.2 Å². The van der Waals surface area contributed by atoms with E-state index in [1.807, 2.05) is 19.1 Å². The number of aromatic hydroxyl groups is 1. The molecule has 0 aliphatic rings. The fourth-order valence-electron chi connectivity index (χ4n) is 0.545. The van der Waals surface area contributed by atoms with Gasteiger partial charge in [-0.05, 0) is 19.1 Å². The first-order chi connectivity index (χ1) is 3.79. The van der Waals surface area contributed by atoms with E-state index >= 15 is 0 Å². The third-order valence-corrected chi connectivity index (χ3v) is 1.03. The van der Waals surface area contributed by atoms with Gasteiger partial charge in [0, 0.05) is 0 Å². The van der Waals surface area contributed by atoms with E-state index in [4.69, 9.17) is 5.11 Å². The summed E-state index contributed by atoms with van der Waals surface area (Å²) in [6.45, 7) is 1.99. The van der Waals surface area contributed by atoms with Crippen molar-refractivity contribution in [3.63, 3.8) is 0 Å². The maximum atomic E-state index is 8.76. The predicted molar refractivity (Wildman–Crippen MR) is 40.8 cm³/mol. The van der Waals surface area contributed by atoms with Gasteiger partial charge in [-0.3, -0.25) is 0 Å². The number of hydrogen-bond donors (Lipinski definition) is 1. The van der Waals surface area contributed by atoms with E-state index < -0.39 is 0 Å². The molecular formula is C7H10MgO. The average Bonchev–Trinajstić information content (AvgIpc) is 1.77. The Balaban J connectivity index is -0.000000213. The third kappa shape index (κ3) is 2.72. The van der Waals surface area contributed by atoms with Crippen molar-refractivity contribution in [3.8, 4) is 5.75 Å². The standard InChI is InChI=1S/C7H8O.Mg.2H/c1-6-2-4-7(8)5-3-6;;;/h2-5,8H,1H3;;;/q;+2;2*-1. The van der Waals surface area contributed by atoms with Gasteiger partial charge in [-0.15, -0.1) is 0 Å². The van der Waals surface area contributed by atoms with E-state index in [0.717, 1.165) is 0 Å². The second-order valence-corrected chi connectivity index (χ2v) is 1.84. The molecule has 1 aromatic rings. The zero-order valence-corrected chi connectivity index (χ0v) is 6.88. The summed E-state index contributed by atoms with van der Waals surface area (Å²) in [4.78, 5) is 0. The van der Waals surface area contributed by atoms with Crippen molar-refractivity contribution < 1.29 is 7.96 Å². The molecule has 0 saturated carbocycles. The molecule has 0 amide bonds. The van der Waals surface area contributed by atoms with Gasteiger partial charge in [0.2, 0.25) is 0 Å². The average molecular weight is 134 g/mol. The molecular weight excluding hydrogens is 124 g/mol. The quantitative estimate of drug-likeness (QED) is 0.534. The van der Waals surface area contributed by atoms with Crippen LogP contribution in [0.5, 0.6) is 5.75 Å². The number of phenolic OH excluding ortho intramolecular Hbond substituents is 1. The first kappa shape index (κ1) is 8.79. The van der Waals surface area contributed by atoms with E-state index in [-0.39, 0.29) is 25.9 Å². The van der Waals surface area contributed by atoms with Gasteiger partial charge in [0.25, 0.3) is 0 Å². The molecule has 0 aliphatic heterocycles. The maximum absolute atomic E-state index is 8.76. The molecule has 0 bridgehead atoms. The van der Waals surface area contributed by atoms with Crippen molar-refractivity contribution in [1.82, 2.24) is 0 Å². The van der Waals surface area contributed by atoms with Crippen LogP contribution in [-0.4, -0.2) is 28.2 Å². The van der Waals surface area contributed by atoms with E-state index in [2.05, 4.69) is 0 Å². The van der Waals surface area contributed by atoms with Crippen molar-refractivity contribution in [2.45, 2.75) is 6.92 Å². The molecule has 2 heteroatoms. The molecule has 0 unspecified atom stereocenters. The molecule has 0 atom stereocenters. The zero-order valence-electron chi connectivity index (χ0n) is 7.46. The van der Waals surface area contributed by atoms with Gasteiger partial charge < -0.3 is 7.96 Å². The third-order valence-electron chi connectivity index (χ3n) is 1.03. The summed E-state index contributed by atoms with van der Waals surface area (Å²) in [6, 6.07) is 7.09. The van der Waals surface area contributed by atoms with Gasteiger partial charge in [0.05, 0.1) is 0 Å². The summed E-state index contributed by atoms with van der Waals surface area (Å²) in [5.41, 5.74) is 1.17. The van der Waals surface area contributed by atoms with Crippen LogP contribution in [0.1, 0.15) is 8.42 Å². The molecule has 0 heterocycles. The van der Waals surface area contributed by atoms with Crippen LogP contribution in [0.4, 0.5) is 0 Å². The Hall–Kier alpha value is -0.214. The Kier molecular flexibility index (Phi) is 3.66. The molecule has 0 aliphatic carbocycles. The van der Waals surface area contributed by atoms with Crippen LogP contribution in [-0.2, 0) is 0 Å². The van der Waals surface area contributed by atoms with Crippen molar-refractivity contribution in [3.05, 3.63) is 29.8 Å². The van der Waals surface area contributed by atoms with Crippen molar-refractivity contribution in [2.24, 2.45) is 0 Å². The van der Waals surface area contributed by atoms with E-state index in [1.165, 1.54) is 5.56 Å². The fourth-order valence-corrected chi connectivity index (χ4v) is 0.545. The Morgan fingerprint density at radius 2 is 1.67 bits per heavy atom. The van der Waals surface area contributed by atoms with Crippen LogP contribution in [0.2, 0.25) is 0 Å². The van der Waals surface area contributed by atoms with Crippen LogP contribution in [0.25, 0.3) is 0 Å². The minimum Gasteiger partial charge on any atom is -1.00 e. The molecule has 1 N–H and O–H groups in total. The molecule has 0 saturated heterocycles. The number of phenols is 1. The smallest absolute Gasteiger partial charge is 1.00 e. The van der Waals surface area contributed by atoms with E-state index in [0.29, 0.717) is 5.75 Å². The number of rotatable bonds is 0. The predicted octanol–water partition coefficient (Wildman–Crippen LogP) is 1.54. The first-order valence-corrected chi connectivity index (χ1v) is 2.54. The van der Waals surface area contributed by atoms with Crippen LogP contribution < -0.4 is 0 Å². The van der Waals surface area contributed by atoms with Crippen LogP contribution in [0.3, 0.4) is 0 Å². The van der Waals surface area contributed by atoms with Crippen molar-refractivity contribution in [1.29, 1.82) is 0 Å². The summed E-state index contributed by atoms with van der Waals surface area (Å²) in [7, 11) is 0. The van der Waals surface area contributed by atoms with Crippen LogP contribution in [0, 0.1) is 6.92 Å². The molecule has 0 radical (unpaired) electrons. The van der Waals surface area contributed by atoms with E-state index in [1.54, 1.807) is 12.1 Å². The second-order valence-electron chi connectivity index (χ2n) is 1.84. The minimum absolute atomic E-state index is 0. The number of hydrogen-bond acceptors (Lipinski definition) is 1.